The third-order valence-electron chi connectivity index (χ3n) is 3.00. The number of rotatable bonds is 4. The van der Waals surface area contributed by atoms with Gasteiger partial charge >= 0.3 is 5.69 Å². The second-order valence-corrected chi connectivity index (χ2v) is 4.34. The van der Waals surface area contributed by atoms with Gasteiger partial charge in [0.25, 0.3) is 0 Å². The monoisotopic (exact) mass is 252 g/mol. The number of nitrogens with one attached hydrogen (secondary N) is 1. The highest BCUT2D eigenvalue weighted by molar-refractivity contribution is 5.57. The molecule has 1 aliphatic rings. The van der Waals surface area contributed by atoms with Crippen molar-refractivity contribution in [2.24, 2.45) is 0 Å². The van der Waals surface area contributed by atoms with Crippen LogP contribution in [0.25, 0.3) is 0 Å². The summed E-state index contributed by atoms with van der Waals surface area (Å²) in [6, 6.07) is 3.01. The molecule has 0 aromatic carbocycles. The lowest BCUT2D eigenvalue weighted by molar-refractivity contribution is -0.384. The molecule has 98 valence electrons. The third-order valence-corrected chi connectivity index (χ3v) is 3.00. The second kappa shape index (κ2) is 5.18. The summed E-state index contributed by atoms with van der Waals surface area (Å²) in [4.78, 5) is 14.0. The van der Waals surface area contributed by atoms with E-state index in [-0.39, 0.29) is 23.7 Å². The molecule has 3 N–H and O–H groups in total. The number of hydrogen-bond donors (Lipinski definition) is 2. The molecule has 1 saturated heterocycles. The summed E-state index contributed by atoms with van der Waals surface area (Å²) < 4.78 is 5.55. The molecule has 0 aliphatic carbocycles. The zero-order valence-electron chi connectivity index (χ0n) is 10.1. The van der Waals surface area contributed by atoms with E-state index in [1.54, 1.807) is 6.07 Å². The number of anilines is 2. The first-order chi connectivity index (χ1) is 8.58. The van der Waals surface area contributed by atoms with Gasteiger partial charge in [-0.1, -0.05) is 0 Å². The van der Waals surface area contributed by atoms with Crippen molar-refractivity contribution in [2.75, 3.05) is 17.7 Å². The minimum absolute atomic E-state index is 0.0791. The summed E-state index contributed by atoms with van der Waals surface area (Å²) in [5.74, 6) is 0.450. The van der Waals surface area contributed by atoms with Crippen LogP contribution in [-0.4, -0.2) is 28.7 Å². The van der Waals surface area contributed by atoms with Crippen LogP contribution in [-0.2, 0) is 4.74 Å². The number of aromatic nitrogens is 1. The van der Waals surface area contributed by atoms with Gasteiger partial charge in [-0.15, -0.1) is 0 Å². The van der Waals surface area contributed by atoms with Crippen molar-refractivity contribution >= 4 is 17.3 Å². The van der Waals surface area contributed by atoms with Gasteiger partial charge in [-0.25, -0.2) is 4.98 Å². The average molecular weight is 252 g/mol. The third kappa shape index (κ3) is 2.67. The molecule has 1 fully saturated rings. The fourth-order valence-corrected chi connectivity index (χ4v) is 2.03. The Kier molecular flexibility index (Phi) is 3.61. The van der Waals surface area contributed by atoms with E-state index in [2.05, 4.69) is 10.3 Å². The highest BCUT2D eigenvalue weighted by atomic mass is 16.6. The molecule has 7 heteroatoms. The lowest BCUT2D eigenvalue weighted by Crippen LogP contribution is -2.30. The Hall–Kier alpha value is -1.89. The quantitative estimate of drug-likeness (QED) is 0.622. The topological polar surface area (TPSA) is 103 Å². The van der Waals surface area contributed by atoms with Crippen molar-refractivity contribution in [3.63, 3.8) is 0 Å². The molecule has 2 atom stereocenters. The van der Waals surface area contributed by atoms with Crippen molar-refractivity contribution in [2.45, 2.75) is 31.9 Å². The van der Waals surface area contributed by atoms with Crippen molar-refractivity contribution in [1.29, 1.82) is 0 Å². The molecule has 0 radical (unpaired) electrons. The zero-order chi connectivity index (χ0) is 13.1. The number of pyridine rings is 1. The van der Waals surface area contributed by atoms with Crippen LogP contribution in [0, 0.1) is 10.1 Å². The molecule has 0 amide bonds. The van der Waals surface area contributed by atoms with E-state index < -0.39 is 4.92 Å². The van der Waals surface area contributed by atoms with Crippen molar-refractivity contribution in [3.05, 3.63) is 22.2 Å². The predicted octanol–water partition coefficient (Wildman–Crippen LogP) is 1.55. The molecule has 2 rings (SSSR count). The van der Waals surface area contributed by atoms with Gasteiger partial charge in [-0.3, -0.25) is 10.1 Å². The Balaban J connectivity index is 2.05. The van der Waals surface area contributed by atoms with Crippen LogP contribution in [0.4, 0.5) is 17.3 Å². The number of hydrogen-bond acceptors (Lipinski definition) is 6. The molecule has 2 unspecified atom stereocenters. The fourth-order valence-electron chi connectivity index (χ4n) is 2.03. The van der Waals surface area contributed by atoms with Crippen LogP contribution >= 0.6 is 0 Å². The standard InChI is InChI=1S/C11H16N4O3/c1-7(9-3-2-6-18-9)13-10-5-4-8(15(16)17)11(12)14-10/h4-5,7,9H,2-3,6H2,1H3,(H3,12,13,14). The fraction of sp³-hybridized carbons (Fsp3) is 0.545. The highest BCUT2D eigenvalue weighted by Crippen LogP contribution is 2.23. The molecule has 1 aromatic rings. The van der Waals surface area contributed by atoms with E-state index in [0.29, 0.717) is 5.82 Å². The van der Waals surface area contributed by atoms with Crippen LogP contribution < -0.4 is 11.1 Å². The van der Waals surface area contributed by atoms with Gasteiger partial charge in [0.1, 0.15) is 5.82 Å². The van der Waals surface area contributed by atoms with Gasteiger partial charge in [0.15, 0.2) is 0 Å². The van der Waals surface area contributed by atoms with Crippen molar-refractivity contribution in [1.82, 2.24) is 4.98 Å². The molecule has 0 spiro atoms. The molecule has 1 aliphatic heterocycles. The van der Waals surface area contributed by atoms with Gasteiger partial charge in [0.2, 0.25) is 5.82 Å². The van der Waals surface area contributed by atoms with E-state index in [1.165, 1.54) is 6.07 Å². The van der Waals surface area contributed by atoms with Crippen LogP contribution in [0.5, 0.6) is 0 Å². The Morgan fingerprint density at radius 2 is 2.44 bits per heavy atom. The van der Waals surface area contributed by atoms with Gasteiger partial charge < -0.3 is 15.8 Å². The molecule has 1 aromatic heterocycles. The van der Waals surface area contributed by atoms with E-state index in [0.717, 1.165) is 19.4 Å². The van der Waals surface area contributed by atoms with E-state index in [4.69, 9.17) is 10.5 Å². The zero-order valence-corrected chi connectivity index (χ0v) is 10.1. The summed E-state index contributed by atoms with van der Waals surface area (Å²) in [6.45, 7) is 2.78. The maximum atomic E-state index is 10.6. The van der Waals surface area contributed by atoms with Crippen LogP contribution in [0.1, 0.15) is 19.8 Å². The highest BCUT2D eigenvalue weighted by Gasteiger charge is 2.23. The maximum Gasteiger partial charge on any atom is 0.311 e. The minimum Gasteiger partial charge on any atom is -0.378 e. The largest absolute Gasteiger partial charge is 0.378 e. The minimum atomic E-state index is -0.546. The van der Waals surface area contributed by atoms with E-state index >= 15 is 0 Å². The van der Waals surface area contributed by atoms with Crippen molar-refractivity contribution < 1.29 is 9.66 Å². The molecule has 0 saturated carbocycles. The molecule has 7 nitrogen and oxygen atoms in total. The van der Waals surface area contributed by atoms with Gasteiger partial charge in [0, 0.05) is 12.7 Å². The molecule has 0 bridgehead atoms. The van der Waals surface area contributed by atoms with Gasteiger partial charge in [-0.05, 0) is 25.8 Å². The molecular formula is C11H16N4O3. The average Bonchev–Trinajstić information content (AvgIpc) is 2.81. The van der Waals surface area contributed by atoms with Crippen LogP contribution in [0.3, 0.4) is 0 Å². The van der Waals surface area contributed by atoms with Gasteiger partial charge in [0.05, 0.1) is 17.1 Å². The number of nitrogen functional groups attached to an aromatic ring is 1. The summed E-state index contributed by atoms with van der Waals surface area (Å²) >= 11 is 0. The smallest absolute Gasteiger partial charge is 0.311 e. The molecule has 18 heavy (non-hydrogen) atoms. The summed E-state index contributed by atoms with van der Waals surface area (Å²) in [5, 5.41) is 13.8. The van der Waals surface area contributed by atoms with E-state index in [1.807, 2.05) is 6.92 Å². The Bertz CT molecular complexity index is 446. The lowest BCUT2D eigenvalue weighted by Gasteiger charge is -2.20. The molecular weight excluding hydrogens is 236 g/mol. The number of ether oxygens (including phenoxy) is 1. The predicted molar refractivity (Wildman–Crippen MR) is 67.4 cm³/mol. The maximum absolute atomic E-state index is 10.6. The van der Waals surface area contributed by atoms with E-state index in [9.17, 15) is 10.1 Å². The normalized spacial score (nSPS) is 20.6. The van der Waals surface area contributed by atoms with Crippen molar-refractivity contribution in [3.8, 4) is 0 Å². The first-order valence-corrected chi connectivity index (χ1v) is 5.87. The van der Waals surface area contributed by atoms with Gasteiger partial charge in [-0.2, -0.15) is 0 Å². The number of nitrogens with zero attached hydrogens (tertiary/aromatic N) is 2. The first-order valence-electron chi connectivity index (χ1n) is 5.87. The molecule has 2 heterocycles. The van der Waals surface area contributed by atoms with Crippen LogP contribution in [0.15, 0.2) is 12.1 Å². The van der Waals surface area contributed by atoms with Crippen LogP contribution in [0.2, 0.25) is 0 Å². The Morgan fingerprint density at radius 1 is 1.67 bits per heavy atom. The first kappa shape index (κ1) is 12.6. The Morgan fingerprint density at radius 3 is 3.00 bits per heavy atom. The Labute approximate surface area is 104 Å². The number of nitrogens with two attached hydrogens (primary N) is 1. The number of nitro groups is 1. The summed E-state index contributed by atoms with van der Waals surface area (Å²) in [5.41, 5.74) is 5.35. The lowest BCUT2D eigenvalue weighted by atomic mass is 10.1. The second-order valence-electron chi connectivity index (χ2n) is 4.34. The summed E-state index contributed by atoms with van der Waals surface area (Å²) in [6.07, 6.45) is 2.23. The summed E-state index contributed by atoms with van der Waals surface area (Å²) in [7, 11) is 0. The SMILES string of the molecule is CC(Nc1ccc([N+](=O)[O-])c(N)n1)C1CCCO1.